The molecular formula is C26H30N4O2. The van der Waals surface area contributed by atoms with E-state index in [4.69, 9.17) is 4.74 Å². The number of H-pyrrole nitrogens is 1. The molecule has 0 saturated carbocycles. The summed E-state index contributed by atoms with van der Waals surface area (Å²) in [5, 5.41) is 5.28. The number of nitrogens with zero attached hydrogens (tertiary/aromatic N) is 3. The molecule has 0 aliphatic heterocycles. The van der Waals surface area contributed by atoms with Gasteiger partial charge in [0.25, 0.3) is 5.56 Å². The second-order valence-electron chi connectivity index (χ2n) is 8.23. The van der Waals surface area contributed by atoms with Gasteiger partial charge in [0, 0.05) is 10.9 Å². The Balaban J connectivity index is 1.44. The van der Waals surface area contributed by atoms with Crippen LogP contribution >= 0.6 is 0 Å². The average molecular weight is 431 g/mol. The number of unbranched alkanes of at least 4 members (excludes halogenated alkanes) is 5. The van der Waals surface area contributed by atoms with E-state index in [0.29, 0.717) is 17.6 Å². The minimum Gasteiger partial charge on any atom is -0.494 e. The summed E-state index contributed by atoms with van der Waals surface area (Å²) in [4.78, 5) is 20.5. The van der Waals surface area contributed by atoms with Crippen molar-refractivity contribution in [2.45, 2.75) is 52.4 Å². The fraction of sp³-hybridized carbons (Fsp3) is 0.346. The number of aromatic amines is 1. The number of benzene rings is 2. The predicted octanol–water partition coefficient (Wildman–Crippen LogP) is 5.81. The van der Waals surface area contributed by atoms with Crippen LogP contribution in [0.2, 0.25) is 0 Å². The molecule has 0 unspecified atom stereocenters. The van der Waals surface area contributed by atoms with E-state index in [2.05, 4.69) is 22.0 Å². The summed E-state index contributed by atoms with van der Waals surface area (Å²) in [6.07, 6.45) is 10.5. The summed E-state index contributed by atoms with van der Waals surface area (Å²) in [6, 6.07) is 13.8. The third kappa shape index (κ3) is 5.07. The fourth-order valence-electron chi connectivity index (χ4n) is 3.83. The zero-order valence-corrected chi connectivity index (χ0v) is 18.8. The molecule has 166 valence electrons. The number of ether oxygens (including phenoxy) is 1. The molecule has 6 heteroatoms. The van der Waals surface area contributed by atoms with Crippen LogP contribution < -0.4 is 10.3 Å². The molecule has 0 aliphatic rings. The Hall–Kier alpha value is -3.41. The van der Waals surface area contributed by atoms with Gasteiger partial charge in [-0.1, -0.05) is 62.8 Å². The number of fused-ring (bicyclic) bond motifs is 3. The van der Waals surface area contributed by atoms with E-state index in [0.717, 1.165) is 34.2 Å². The highest BCUT2D eigenvalue weighted by Crippen LogP contribution is 2.22. The molecule has 2 aromatic heterocycles. The third-order valence-corrected chi connectivity index (χ3v) is 5.60. The lowest BCUT2D eigenvalue weighted by molar-refractivity contribution is 0.304. The van der Waals surface area contributed by atoms with Crippen molar-refractivity contribution < 1.29 is 4.74 Å². The monoisotopic (exact) mass is 430 g/mol. The van der Waals surface area contributed by atoms with Gasteiger partial charge in [-0.05, 0) is 43.2 Å². The molecule has 4 aromatic rings. The van der Waals surface area contributed by atoms with Gasteiger partial charge in [-0.3, -0.25) is 4.79 Å². The van der Waals surface area contributed by atoms with Crippen LogP contribution in [-0.2, 0) is 0 Å². The van der Waals surface area contributed by atoms with Crippen LogP contribution in [0.1, 0.15) is 56.6 Å². The van der Waals surface area contributed by atoms with E-state index < -0.39 is 0 Å². The van der Waals surface area contributed by atoms with Crippen LogP contribution in [0, 0.1) is 6.92 Å². The lowest BCUT2D eigenvalue weighted by Crippen LogP contribution is -2.17. The maximum absolute atomic E-state index is 12.9. The Morgan fingerprint density at radius 2 is 1.94 bits per heavy atom. The molecule has 2 heterocycles. The molecule has 32 heavy (non-hydrogen) atoms. The number of rotatable bonds is 10. The first-order chi connectivity index (χ1) is 15.7. The van der Waals surface area contributed by atoms with Crippen molar-refractivity contribution in [2.24, 2.45) is 5.10 Å². The molecule has 0 spiro atoms. The highest BCUT2D eigenvalue weighted by Gasteiger charge is 2.10. The molecule has 0 atom stereocenters. The first-order valence-electron chi connectivity index (χ1n) is 11.4. The zero-order chi connectivity index (χ0) is 22.3. The smallest absolute Gasteiger partial charge is 0.298 e. The third-order valence-electron chi connectivity index (χ3n) is 5.60. The maximum atomic E-state index is 12.9. The maximum Gasteiger partial charge on any atom is 0.298 e. The lowest BCUT2D eigenvalue weighted by atomic mass is 10.1. The van der Waals surface area contributed by atoms with Crippen molar-refractivity contribution in [3.63, 3.8) is 0 Å². The number of aryl methyl sites for hydroxylation is 1. The van der Waals surface area contributed by atoms with E-state index >= 15 is 0 Å². The minimum atomic E-state index is -0.226. The molecule has 0 amide bonds. The van der Waals surface area contributed by atoms with Crippen molar-refractivity contribution in [1.82, 2.24) is 14.6 Å². The van der Waals surface area contributed by atoms with Crippen molar-refractivity contribution in [3.05, 3.63) is 70.3 Å². The summed E-state index contributed by atoms with van der Waals surface area (Å²) in [7, 11) is 0. The van der Waals surface area contributed by atoms with E-state index in [9.17, 15) is 4.79 Å². The van der Waals surface area contributed by atoms with Gasteiger partial charge < -0.3 is 9.72 Å². The summed E-state index contributed by atoms with van der Waals surface area (Å²) in [5.41, 5.74) is 3.79. The second kappa shape index (κ2) is 10.3. The van der Waals surface area contributed by atoms with Crippen LogP contribution in [0.3, 0.4) is 0 Å². The van der Waals surface area contributed by atoms with Crippen LogP contribution in [0.15, 0.2) is 58.7 Å². The van der Waals surface area contributed by atoms with Crippen LogP contribution in [0.25, 0.3) is 21.9 Å². The first-order valence-corrected chi connectivity index (χ1v) is 11.4. The number of aromatic nitrogens is 3. The molecular weight excluding hydrogens is 400 g/mol. The number of hydrogen-bond acceptors (Lipinski definition) is 4. The van der Waals surface area contributed by atoms with Crippen molar-refractivity contribution >= 4 is 28.2 Å². The summed E-state index contributed by atoms with van der Waals surface area (Å²) >= 11 is 0. The fourth-order valence-corrected chi connectivity index (χ4v) is 3.83. The topological polar surface area (TPSA) is 72.3 Å². The molecule has 2 aromatic carbocycles. The molecule has 4 rings (SSSR count). The Kier molecular flexibility index (Phi) is 7.00. The molecule has 0 radical (unpaired) electrons. The molecule has 0 fully saturated rings. The van der Waals surface area contributed by atoms with Crippen LogP contribution in [-0.4, -0.2) is 27.5 Å². The SMILES string of the molecule is CCCCCCCCOc1cccc(/C=N/n2cnc3c([nH]c4ccc(C)cc43)c2=O)c1. The Morgan fingerprint density at radius 3 is 2.81 bits per heavy atom. The Bertz CT molecular complexity index is 1290. The predicted molar refractivity (Wildman–Crippen MR) is 131 cm³/mol. The first kappa shape index (κ1) is 21.8. The van der Waals surface area contributed by atoms with Gasteiger partial charge in [-0.25, -0.2) is 4.98 Å². The van der Waals surface area contributed by atoms with Crippen LogP contribution in [0.4, 0.5) is 0 Å². The summed E-state index contributed by atoms with van der Waals surface area (Å²) in [5.74, 6) is 0.814. The second-order valence-corrected chi connectivity index (χ2v) is 8.23. The minimum absolute atomic E-state index is 0.226. The van der Waals surface area contributed by atoms with Gasteiger partial charge in [0.15, 0.2) is 0 Å². The lowest BCUT2D eigenvalue weighted by Gasteiger charge is -2.06. The van der Waals surface area contributed by atoms with Gasteiger partial charge in [0.2, 0.25) is 0 Å². The van der Waals surface area contributed by atoms with E-state index in [-0.39, 0.29) is 5.56 Å². The standard InChI is InChI=1S/C26H30N4O2/c1-3-4-5-6-7-8-14-32-21-11-9-10-20(16-21)17-28-30-18-27-24-22-15-19(2)12-13-23(22)29-25(24)26(30)31/h9-13,15-18,29H,3-8,14H2,1-2H3/b28-17+. The molecule has 1 N–H and O–H groups in total. The molecule has 6 nitrogen and oxygen atoms in total. The highest BCUT2D eigenvalue weighted by atomic mass is 16.5. The van der Waals surface area contributed by atoms with Crippen molar-refractivity contribution in [1.29, 1.82) is 0 Å². The molecule has 0 bridgehead atoms. The van der Waals surface area contributed by atoms with Gasteiger partial charge in [0.05, 0.1) is 12.8 Å². The number of nitrogens with one attached hydrogen (secondary N) is 1. The van der Waals surface area contributed by atoms with Crippen LogP contribution in [0.5, 0.6) is 5.75 Å². The molecule has 0 saturated heterocycles. The van der Waals surface area contributed by atoms with E-state index in [1.54, 1.807) is 6.21 Å². The highest BCUT2D eigenvalue weighted by molar-refractivity contribution is 6.04. The van der Waals surface area contributed by atoms with E-state index in [1.165, 1.54) is 43.1 Å². The normalized spacial score (nSPS) is 11.7. The largest absolute Gasteiger partial charge is 0.494 e. The number of hydrogen-bond donors (Lipinski definition) is 1. The van der Waals surface area contributed by atoms with E-state index in [1.807, 2.05) is 49.4 Å². The molecule has 0 aliphatic carbocycles. The van der Waals surface area contributed by atoms with Gasteiger partial charge in [-0.15, -0.1) is 0 Å². The Morgan fingerprint density at radius 1 is 1.09 bits per heavy atom. The van der Waals surface area contributed by atoms with Gasteiger partial charge in [-0.2, -0.15) is 9.78 Å². The average Bonchev–Trinajstić information content (AvgIpc) is 3.17. The van der Waals surface area contributed by atoms with Gasteiger partial charge >= 0.3 is 0 Å². The summed E-state index contributed by atoms with van der Waals surface area (Å²) < 4.78 is 7.14. The zero-order valence-electron chi connectivity index (χ0n) is 18.8. The van der Waals surface area contributed by atoms with Crippen molar-refractivity contribution in [3.8, 4) is 5.75 Å². The quantitative estimate of drug-likeness (QED) is 0.255. The Labute approximate surface area is 188 Å². The summed E-state index contributed by atoms with van der Waals surface area (Å²) in [6.45, 7) is 4.97. The van der Waals surface area contributed by atoms with Crippen molar-refractivity contribution in [2.75, 3.05) is 6.61 Å². The van der Waals surface area contributed by atoms with Gasteiger partial charge in [0.1, 0.15) is 23.1 Å².